The van der Waals surface area contributed by atoms with Crippen LogP contribution in [0.4, 0.5) is 0 Å². The van der Waals surface area contributed by atoms with E-state index >= 15 is 0 Å². The Hall–Kier alpha value is -1.08. The number of benzene rings is 1. The van der Waals surface area contributed by atoms with Gasteiger partial charge in [-0.05, 0) is 18.4 Å². The fraction of sp³-hybridized carbons (Fsp3) is 0.692. The summed E-state index contributed by atoms with van der Waals surface area (Å²) >= 11 is 0. The Labute approximate surface area is 169 Å². The highest BCUT2D eigenvalue weighted by atomic mass is 16.5. The van der Waals surface area contributed by atoms with Crippen LogP contribution in [0.25, 0.3) is 0 Å². The van der Waals surface area contributed by atoms with Crippen LogP contribution in [-0.4, -0.2) is 6.10 Å². The summed E-state index contributed by atoms with van der Waals surface area (Å²) < 4.78 is 6.10. The van der Waals surface area contributed by atoms with Gasteiger partial charge in [-0.15, -0.1) is 6.58 Å². The second-order valence-corrected chi connectivity index (χ2v) is 7.97. The van der Waals surface area contributed by atoms with Gasteiger partial charge in [-0.25, -0.2) is 0 Å². The maximum atomic E-state index is 6.10. The van der Waals surface area contributed by atoms with Crippen molar-refractivity contribution in [2.24, 2.45) is 0 Å². The summed E-state index contributed by atoms with van der Waals surface area (Å²) in [6.45, 7) is 6.90. The predicted molar refractivity (Wildman–Crippen MR) is 120 cm³/mol. The predicted octanol–water partition coefficient (Wildman–Crippen LogP) is 8.63. The minimum Gasteiger partial charge on any atom is -0.373 e. The van der Waals surface area contributed by atoms with Crippen molar-refractivity contribution in [2.75, 3.05) is 0 Å². The van der Waals surface area contributed by atoms with Gasteiger partial charge >= 0.3 is 0 Å². The summed E-state index contributed by atoms with van der Waals surface area (Å²) in [5.74, 6) is 0. The first-order valence-corrected chi connectivity index (χ1v) is 11.6. The van der Waals surface area contributed by atoms with E-state index < -0.39 is 0 Å². The number of hydrogen-bond acceptors (Lipinski definition) is 1. The Morgan fingerprint density at radius 1 is 0.778 bits per heavy atom. The molecule has 0 fully saturated rings. The van der Waals surface area contributed by atoms with E-state index in [4.69, 9.17) is 4.74 Å². The van der Waals surface area contributed by atoms with Crippen molar-refractivity contribution in [3.63, 3.8) is 0 Å². The van der Waals surface area contributed by atoms with Crippen molar-refractivity contribution in [1.29, 1.82) is 0 Å². The van der Waals surface area contributed by atoms with E-state index in [9.17, 15) is 0 Å². The fourth-order valence-corrected chi connectivity index (χ4v) is 3.63. The highest BCUT2D eigenvalue weighted by Crippen LogP contribution is 2.16. The minimum absolute atomic E-state index is 0.329. The lowest BCUT2D eigenvalue weighted by molar-refractivity contribution is 0.0354. The summed E-state index contributed by atoms with van der Waals surface area (Å²) in [5, 5.41) is 0. The second kappa shape index (κ2) is 18.3. The molecule has 0 saturated heterocycles. The molecule has 1 rings (SSSR count). The lowest BCUT2D eigenvalue weighted by Gasteiger charge is -2.16. The Morgan fingerprint density at radius 3 is 1.81 bits per heavy atom. The molecule has 1 aromatic carbocycles. The smallest absolute Gasteiger partial charge is 0.0720 e. The maximum absolute atomic E-state index is 6.10. The van der Waals surface area contributed by atoms with Gasteiger partial charge in [-0.2, -0.15) is 0 Å². The van der Waals surface area contributed by atoms with Gasteiger partial charge in [-0.1, -0.05) is 127 Å². The average Bonchev–Trinajstić information content (AvgIpc) is 2.70. The molecule has 0 radical (unpaired) electrons. The van der Waals surface area contributed by atoms with Crippen LogP contribution in [0.3, 0.4) is 0 Å². The Kier molecular flexibility index (Phi) is 16.2. The van der Waals surface area contributed by atoms with Gasteiger partial charge in [0.2, 0.25) is 0 Å². The Bertz CT molecular complexity index is 425. The van der Waals surface area contributed by atoms with E-state index in [1.165, 1.54) is 89.0 Å². The summed E-state index contributed by atoms with van der Waals surface area (Å²) in [5.41, 5.74) is 1.26. The molecule has 154 valence electrons. The fourth-order valence-electron chi connectivity index (χ4n) is 3.63. The monoisotopic (exact) mass is 372 g/mol. The molecule has 0 bridgehead atoms. The third kappa shape index (κ3) is 14.6. The average molecular weight is 373 g/mol. The maximum Gasteiger partial charge on any atom is 0.0720 e. The molecular weight excluding hydrogens is 328 g/mol. The van der Waals surface area contributed by atoms with E-state index in [0.29, 0.717) is 6.10 Å². The number of rotatable bonds is 19. The van der Waals surface area contributed by atoms with Crippen molar-refractivity contribution >= 4 is 0 Å². The van der Waals surface area contributed by atoms with E-state index in [2.05, 4.69) is 43.8 Å². The molecule has 0 saturated carbocycles. The van der Waals surface area contributed by atoms with E-state index in [1.807, 2.05) is 6.08 Å². The summed E-state index contributed by atoms with van der Waals surface area (Å²) in [7, 11) is 0. The molecule has 1 atom stereocenters. The molecule has 27 heavy (non-hydrogen) atoms. The molecule has 0 N–H and O–H groups in total. The van der Waals surface area contributed by atoms with Crippen molar-refractivity contribution in [3.8, 4) is 0 Å². The third-order valence-electron chi connectivity index (χ3n) is 5.39. The van der Waals surface area contributed by atoms with Gasteiger partial charge in [-0.3, -0.25) is 0 Å². The molecule has 0 aromatic heterocycles. The van der Waals surface area contributed by atoms with Crippen LogP contribution in [0.15, 0.2) is 43.0 Å². The summed E-state index contributed by atoms with van der Waals surface area (Å²) in [6.07, 6.45) is 22.8. The van der Waals surface area contributed by atoms with Crippen molar-refractivity contribution < 1.29 is 4.74 Å². The minimum atomic E-state index is 0.329. The first-order chi connectivity index (χ1) is 13.4. The van der Waals surface area contributed by atoms with Crippen LogP contribution in [0.2, 0.25) is 0 Å². The Morgan fingerprint density at radius 2 is 1.30 bits per heavy atom. The highest BCUT2D eigenvalue weighted by Gasteiger charge is 2.07. The lowest BCUT2D eigenvalue weighted by atomic mass is 10.0. The van der Waals surface area contributed by atoms with Crippen LogP contribution >= 0.6 is 0 Å². The van der Waals surface area contributed by atoms with Gasteiger partial charge in [0.05, 0.1) is 12.7 Å². The number of ether oxygens (including phenoxy) is 1. The zero-order valence-electron chi connectivity index (χ0n) is 18.0. The molecule has 0 amide bonds. The standard InChI is InChI=1S/C26H44O/c1-3-5-6-7-8-9-10-11-12-13-14-15-19-23-26(20-4-2)27-24-25-21-17-16-18-22-25/h4,16-18,21-22,26H,2-3,5-15,19-20,23-24H2,1H3. The quantitative estimate of drug-likeness (QED) is 0.174. The van der Waals surface area contributed by atoms with Crippen LogP contribution in [0.1, 0.15) is 109 Å². The largest absolute Gasteiger partial charge is 0.373 e. The SMILES string of the molecule is C=CCC(CCCCCCCCCCCCCCC)OCc1ccccc1. The third-order valence-corrected chi connectivity index (χ3v) is 5.39. The van der Waals surface area contributed by atoms with Gasteiger partial charge < -0.3 is 4.74 Å². The van der Waals surface area contributed by atoms with Crippen molar-refractivity contribution in [3.05, 3.63) is 48.6 Å². The Balaban J connectivity index is 1.93. The molecule has 0 heterocycles. The van der Waals surface area contributed by atoms with Gasteiger partial charge in [0.1, 0.15) is 0 Å². The zero-order chi connectivity index (χ0) is 19.4. The normalized spacial score (nSPS) is 12.2. The van der Waals surface area contributed by atoms with Gasteiger partial charge in [0.25, 0.3) is 0 Å². The van der Waals surface area contributed by atoms with Crippen molar-refractivity contribution in [1.82, 2.24) is 0 Å². The molecule has 1 nitrogen and oxygen atoms in total. The van der Waals surface area contributed by atoms with E-state index in [0.717, 1.165) is 19.4 Å². The highest BCUT2D eigenvalue weighted by molar-refractivity contribution is 5.13. The molecule has 1 heteroatoms. The van der Waals surface area contributed by atoms with E-state index in [1.54, 1.807) is 0 Å². The molecule has 0 aliphatic heterocycles. The molecule has 0 spiro atoms. The molecular formula is C26H44O. The first kappa shape index (κ1) is 24.0. The first-order valence-electron chi connectivity index (χ1n) is 11.6. The summed E-state index contributed by atoms with van der Waals surface area (Å²) in [6, 6.07) is 10.5. The van der Waals surface area contributed by atoms with Crippen molar-refractivity contribution in [2.45, 2.75) is 116 Å². The van der Waals surface area contributed by atoms with Crippen LogP contribution in [-0.2, 0) is 11.3 Å². The topological polar surface area (TPSA) is 9.23 Å². The van der Waals surface area contributed by atoms with Crippen LogP contribution < -0.4 is 0 Å². The molecule has 1 aromatic rings. The molecule has 1 unspecified atom stereocenters. The van der Waals surface area contributed by atoms with Crippen LogP contribution in [0.5, 0.6) is 0 Å². The molecule has 0 aliphatic rings. The van der Waals surface area contributed by atoms with Gasteiger partial charge in [0.15, 0.2) is 0 Å². The lowest BCUT2D eigenvalue weighted by Crippen LogP contribution is -2.12. The zero-order valence-corrected chi connectivity index (χ0v) is 18.0. The number of unbranched alkanes of at least 4 members (excludes halogenated alkanes) is 12. The van der Waals surface area contributed by atoms with Gasteiger partial charge in [0, 0.05) is 0 Å². The number of hydrogen-bond donors (Lipinski definition) is 0. The summed E-state index contributed by atoms with van der Waals surface area (Å²) in [4.78, 5) is 0. The second-order valence-electron chi connectivity index (χ2n) is 7.97. The molecule has 0 aliphatic carbocycles. The van der Waals surface area contributed by atoms with E-state index in [-0.39, 0.29) is 0 Å². The van der Waals surface area contributed by atoms with Crippen LogP contribution in [0, 0.1) is 0 Å².